The Morgan fingerprint density at radius 3 is 2.76 bits per heavy atom. The summed E-state index contributed by atoms with van der Waals surface area (Å²) in [7, 11) is 0. The number of aromatic nitrogens is 1. The summed E-state index contributed by atoms with van der Waals surface area (Å²) < 4.78 is 4.93. The van der Waals surface area contributed by atoms with Gasteiger partial charge in [0.2, 0.25) is 0 Å². The molecular formula is C12H20N2O2S. The summed E-state index contributed by atoms with van der Waals surface area (Å²) in [5.41, 5.74) is 0.411. The van der Waals surface area contributed by atoms with Crippen LogP contribution in [0.25, 0.3) is 0 Å². The van der Waals surface area contributed by atoms with Crippen LogP contribution in [0.4, 0.5) is 5.13 Å². The van der Waals surface area contributed by atoms with E-state index < -0.39 is 0 Å². The normalized spacial score (nSPS) is 12.2. The highest BCUT2D eigenvalue weighted by atomic mass is 32.1. The van der Waals surface area contributed by atoms with E-state index in [9.17, 15) is 4.79 Å². The zero-order valence-electron chi connectivity index (χ0n) is 10.9. The molecule has 1 unspecified atom stereocenters. The first-order valence-corrected chi connectivity index (χ1v) is 6.91. The molecule has 0 amide bonds. The zero-order chi connectivity index (χ0) is 12.8. The van der Waals surface area contributed by atoms with Crippen molar-refractivity contribution in [2.75, 3.05) is 18.1 Å². The third-order valence-electron chi connectivity index (χ3n) is 2.69. The summed E-state index contributed by atoms with van der Waals surface area (Å²) in [6.07, 6.45) is 1.06. The smallest absolute Gasteiger partial charge is 0.357 e. The van der Waals surface area contributed by atoms with Crippen molar-refractivity contribution in [1.29, 1.82) is 0 Å². The van der Waals surface area contributed by atoms with Crippen LogP contribution in [-0.4, -0.2) is 30.1 Å². The molecule has 0 saturated heterocycles. The molecule has 0 aliphatic heterocycles. The van der Waals surface area contributed by atoms with Crippen molar-refractivity contribution in [2.24, 2.45) is 0 Å². The lowest BCUT2D eigenvalue weighted by atomic mass is 10.2. The van der Waals surface area contributed by atoms with Crippen molar-refractivity contribution in [1.82, 2.24) is 4.98 Å². The Labute approximate surface area is 107 Å². The van der Waals surface area contributed by atoms with Gasteiger partial charge in [-0.1, -0.05) is 6.92 Å². The Hall–Kier alpha value is -1.10. The molecule has 1 aromatic heterocycles. The average molecular weight is 256 g/mol. The van der Waals surface area contributed by atoms with Crippen molar-refractivity contribution >= 4 is 22.4 Å². The molecule has 17 heavy (non-hydrogen) atoms. The quantitative estimate of drug-likeness (QED) is 0.734. The number of carbonyl (C=O) groups is 1. The van der Waals surface area contributed by atoms with Crippen LogP contribution in [0.15, 0.2) is 5.38 Å². The molecule has 0 N–H and O–H groups in total. The first kappa shape index (κ1) is 14.0. The summed E-state index contributed by atoms with van der Waals surface area (Å²) in [5, 5.41) is 2.66. The lowest BCUT2D eigenvalue weighted by Crippen LogP contribution is -2.32. The van der Waals surface area contributed by atoms with Gasteiger partial charge in [0.15, 0.2) is 10.8 Å². The summed E-state index contributed by atoms with van der Waals surface area (Å²) in [6, 6.07) is 0.432. The van der Waals surface area contributed by atoms with Crippen molar-refractivity contribution in [2.45, 2.75) is 40.2 Å². The average Bonchev–Trinajstić information content (AvgIpc) is 2.79. The number of hydrogen-bond acceptors (Lipinski definition) is 5. The first-order valence-electron chi connectivity index (χ1n) is 6.03. The van der Waals surface area contributed by atoms with Crippen molar-refractivity contribution < 1.29 is 9.53 Å². The number of anilines is 1. The molecule has 1 rings (SSSR count). The van der Waals surface area contributed by atoms with E-state index >= 15 is 0 Å². The fourth-order valence-electron chi connectivity index (χ4n) is 1.55. The topological polar surface area (TPSA) is 42.4 Å². The minimum Gasteiger partial charge on any atom is -0.461 e. The molecule has 0 aliphatic rings. The van der Waals surface area contributed by atoms with E-state index in [4.69, 9.17) is 4.74 Å². The molecule has 1 heterocycles. The number of esters is 1. The third kappa shape index (κ3) is 3.43. The lowest BCUT2D eigenvalue weighted by molar-refractivity contribution is 0.0520. The highest BCUT2D eigenvalue weighted by molar-refractivity contribution is 7.13. The Kier molecular flexibility index (Phi) is 5.41. The van der Waals surface area contributed by atoms with Gasteiger partial charge in [0.05, 0.1) is 6.61 Å². The van der Waals surface area contributed by atoms with Crippen LogP contribution in [0, 0.1) is 0 Å². The summed E-state index contributed by atoms with van der Waals surface area (Å²) >= 11 is 1.49. The van der Waals surface area contributed by atoms with Crippen LogP contribution in [0.1, 0.15) is 44.6 Å². The predicted octanol–water partition coefficient (Wildman–Crippen LogP) is 2.94. The maximum Gasteiger partial charge on any atom is 0.357 e. The Morgan fingerprint density at radius 1 is 1.53 bits per heavy atom. The summed E-state index contributed by atoms with van der Waals surface area (Å²) in [6.45, 7) is 9.47. The second-order valence-electron chi connectivity index (χ2n) is 3.78. The van der Waals surface area contributed by atoms with Crippen molar-refractivity contribution in [3.8, 4) is 0 Å². The van der Waals surface area contributed by atoms with Gasteiger partial charge in [0, 0.05) is 18.0 Å². The number of hydrogen-bond donors (Lipinski definition) is 0. The first-order chi connectivity index (χ1) is 8.13. The molecule has 0 fully saturated rings. The standard InChI is InChI=1S/C12H20N2O2S/c1-5-9(4)14(6-2)12-13-10(8-17-12)11(15)16-7-3/h8-9H,5-7H2,1-4H3. The maximum atomic E-state index is 11.5. The van der Waals surface area contributed by atoms with Gasteiger partial charge in [0.25, 0.3) is 0 Å². The molecule has 0 aliphatic carbocycles. The molecule has 0 aromatic carbocycles. The van der Waals surface area contributed by atoms with Crippen LogP contribution in [0.5, 0.6) is 0 Å². The van der Waals surface area contributed by atoms with E-state index in [0.717, 1.165) is 18.1 Å². The van der Waals surface area contributed by atoms with E-state index in [1.807, 2.05) is 0 Å². The number of ether oxygens (including phenoxy) is 1. The maximum absolute atomic E-state index is 11.5. The van der Waals surface area contributed by atoms with Gasteiger partial charge in [-0.25, -0.2) is 9.78 Å². The highest BCUT2D eigenvalue weighted by Gasteiger charge is 2.17. The predicted molar refractivity (Wildman–Crippen MR) is 70.8 cm³/mol. The summed E-state index contributed by atoms with van der Waals surface area (Å²) in [5.74, 6) is -0.338. The number of carbonyl (C=O) groups excluding carboxylic acids is 1. The molecule has 5 heteroatoms. The van der Waals surface area contributed by atoms with E-state index in [2.05, 4.69) is 30.7 Å². The molecule has 0 radical (unpaired) electrons. The molecule has 4 nitrogen and oxygen atoms in total. The van der Waals surface area contributed by atoms with E-state index in [1.165, 1.54) is 11.3 Å². The minimum atomic E-state index is -0.338. The third-order valence-corrected chi connectivity index (χ3v) is 3.56. The van der Waals surface area contributed by atoms with Crippen molar-refractivity contribution in [3.63, 3.8) is 0 Å². The molecule has 0 saturated carbocycles. The lowest BCUT2D eigenvalue weighted by Gasteiger charge is -2.26. The SMILES string of the molecule is CCOC(=O)c1csc(N(CC)C(C)CC)n1. The van der Waals surface area contributed by atoms with Crippen LogP contribution >= 0.6 is 11.3 Å². The van der Waals surface area contributed by atoms with Gasteiger partial charge in [-0.05, 0) is 27.2 Å². The molecule has 1 atom stereocenters. The van der Waals surface area contributed by atoms with Crippen molar-refractivity contribution in [3.05, 3.63) is 11.1 Å². The van der Waals surface area contributed by atoms with Crippen LogP contribution in [0.3, 0.4) is 0 Å². The fourth-order valence-corrected chi connectivity index (χ4v) is 2.51. The zero-order valence-corrected chi connectivity index (χ0v) is 11.7. The van der Waals surface area contributed by atoms with Crippen LogP contribution in [-0.2, 0) is 4.74 Å². The van der Waals surface area contributed by atoms with Gasteiger partial charge >= 0.3 is 5.97 Å². The Bertz CT molecular complexity index is 365. The number of thiazole rings is 1. The molecule has 0 spiro atoms. The van der Waals surface area contributed by atoms with E-state index in [0.29, 0.717) is 18.3 Å². The van der Waals surface area contributed by atoms with Gasteiger partial charge in [0.1, 0.15) is 0 Å². The molecule has 1 aromatic rings. The van der Waals surface area contributed by atoms with Crippen LogP contribution < -0.4 is 4.90 Å². The fraction of sp³-hybridized carbons (Fsp3) is 0.667. The van der Waals surface area contributed by atoms with E-state index in [1.54, 1.807) is 12.3 Å². The largest absolute Gasteiger partial charge is 0.461 e. The van der Waals surface area contributed by atoms with E-state index in [-0.39, 0.29) is 5.97 Å². The van der Waals surface area contributed by atoms with Crippen LogP contribution in [0.2, 0.25) is 0 Å². The van der Waals surface area contributed by atoms with Gasteiger partial charge in [-0.2, -0.15) is 0 Å². The molecule has 96 valence electrons. The second kappa shape index (κ2) is 6.59. The Morgan fingerprint density at radius 2 is 2.24 bits per heavy atom. The molecular weight excluding hydrogens is 236 g/mol. The minimum absolute atomic E-state index is 0.338. The molecule has 0 bridgehead atoms. The number of nitrogens with zero attached hydrogens (tertiary/aromatic N) is 2. The highest BCUT2D eigenvalue weighted by Crippen LogP contribution is 2.23. The van der Waals surface area contributed by atoms with Gasteiger partial charge < -0.3 is 9.64 Å². The van der Waals surface area contributed by atoms with Gasteiger partial charge in [-0.3, -0.25) is 0 Å². The van der Waals surface area contributed by atoms with Gasteiger partial charge in [-0.15, -0.1) is 11.3 Å². The Balaban J connectivity index is 2.81. The monoisotopic (exact) mass is 256 g/mol. The summed E-state index contributed by atoms with van der Waals surface area (Å²) in [4.78, 5) is 18.1. The second-order valence-corrected chi connectivity index (χ2v) is 4.62. The number of rotatable bonds is 6.